The van der Waals surface area contributed by atoms with Crippen LogP contribution in [0.1, 0.15) is 11.3 Å². The zero-order valence-corrected chi connectivity index (χ0v) is 11.0. The molecule has 1 amide bonds. The highest BCUT2D eigenvalue weighted by Gasteiger charge is 2.06. The molecular formula is C13H12BrNO2. The third-order valence-corrected chi connectivity index (χ3v) is 3.22. The van der Waals surface area contributed by atoms with Crippen molar-refractivity contribution in [1.29, 1.82) is 0 Å². The first-order chi connectivity index (χ1) is 8.15. The van der Waals surface area contributed by atoms with Crippen molar-refractivity contribution in [2.45, 2.75) is 13.3 Å². The van der Waals surface area contributed by atoms with Crippen LogP contribution in [0, 0.1) is 6.92 Å². The third kappa shape index (κ3) is 3.20. The number of hydrogen-bond donors (Lipinski definition) is 1. The summed E-state index contributed by atoms with van der Waals surface area (Å²) in [4.78, 5) is 11.7. The van der Waals surface area contributed by atoms with Crippen molar-refractivity contribution in [1.82, 2.24) is 0 Å². The Kier molecular flexibility index (Phi) is 3.64. The van der Waals surface area contributed by atoms with Gasteiger partial charge in [-0.1, -0.05) is 22.0 Å². The SMILES string of the molecule is Cc1ccc(NC(=O)Cc2ccco2)cc1Br. The van der Waals surface area contributed by atoms with Gasteiger partial charge in [0.1, 0.15) is 5.76 Å². The molecular weight excluding hydrogens is 282 g/mol. The molecule has 0 saturated carbocycles. The molecule has 1 N–H and O–H groups in total. The Balaban J connectivity index is 2.00. The average molecular weight is 294 g/mol. The number of nitrogens with one attached hydrogen (secondary N) is 1. The van der Waals surface area contributed by atoms with Gasteiger partial charge in [0.2, 0.25) is 5.91 Å². The van der Waals surface area contributed by atoms with Gasteiger partial charge >= 0.3 is 0 Å². The standard InChI is InChI=1S/C13H12BrNO2/c1-9-4-5-10(7-12(9)14)15-13(16)8-11-3-2-6-17-11/h2-7H,8H2,1H3,(H,15,16). The molecule has 2 aromatic rings. The molecule has 17 heavy (non-hydrogen) atoms. The van der Waals surface area contributed by atoms with Crippen LogP contribution in [0.25, 0.3) is 0 Å². The predicted molar refractivity (Wildman–Crippen MR) is 69.9 cm³/mol. The van der Waals surface area contributed by atoms with Gasteiger partial charge < -0.3 is 9.73 Å². The Morgan fingerprint density at radius 1 is 1.41 bits per heavy atom. The molecule has 0 atom stereocenters. The first-order valence-corrected chi connectivity index (χ1v) is 6.03. The third-order valence-electron chi connectivity index (χ3n) is 2.37. The van der Waals surface area contributed by atoms with E-state index in [1.165, 1.54) is 0 Å². The first-order valence-electron chi connectivity index (χ1n) is 5.23. The van der Waals surface area contributed by atoms with Crippen LogP contribution < -0.4 is 5.32 Å². The summed E-state index contributed by atoms with van der Waals surface area (Å²) < 4.78 is 6.09. The maximum atomic E-state index is 11.7. The number of hydrogen-bond acceptors (Lipinski definition) is 2. The van der Waals surface area contributed by atoms with Gasteiger partial charge in [0, 0.05) is 10.2 Å². The normalized spacial score (nSPS) is 10.2. The Bertz CT molecular complexity index is 520. The van der Waals surface area contributed by atoms with Gasteiger partial charge in [-0.05, 0) is 36.8 Å². The molecule has 0 aliphatic rings. The second-order valence-corrected chi connectivity index (χ2v) is 4.62. The molecule has 0 aliphatic heterocycles. The van der Waals surface area contributed by atoms with Crippen molar-refractivity contribution in [3.8, 4) is 0 Å². The Hall–Kier alpha value is -1.55. The maximum Gasteiger partial charge on any atom is 0.231 e. The lowest BCUT2D eigenvalue weighted by Gasteiger charge is -2.06. The summed E-state index contributed by atoms with van der Waals surface area (Å²) in [5, 5.41) is 2.82. The predicted octanol–water partition coefficient (Wildman–Crippen LogP) is 3.53. The molecule has 0 unspecified atom stereocenters. The van der Waals surface area contributed by atoms with Crippen molar-refractivity contribution in [3.63, 3.8) is 0 Å². The van der Waals surface area contributed by atoms with Gasteiger partial charge in [-0.25, -0.2) is 0 Å². The molecule has 0 aliphatic carbocycles. The van der Waals surface area contributed by atoms with E-state index in [1.807, 2.05) is 25.1 Å². The fourth-order valence-electron chi connectivity index (χ4n) is 1.45. The summed E-state index contributed by atoms with van der Waals surface area (Å²) in [6, 6.07) is 9.26. The molecule has 0 saturated heterocycles. The Labute approximate surface area is 108 Å². The fraction of sp³-hybridized carbons (Fsp3) is 0.154. The highest BCUT2D eigenvalue weighted by Crippen LogP contribution is 2.20. The minimum absolute atomic E-state index is 0.0873. The quantitative estimate of drug-likeness (QED) is 0.941. The smallest absolute Gasteiger partial charge is 0.231 e. The minimum atomic E-state index is -0.0873. The fourth-order valence-corrected chi connectivity index (χ4v) is 1.83. The number of anilines is 1. The molecule has 88 valence electrons. The van der Waals surface area contributed by atoms with Gasteiger partial charge in [0.25, 0.3) is 0 Å². The van der Waals surface area contributed by atoms with Gasteiger partial charge in [-0.3, -0.25) is 4.79 Å². The van der Waals surface area contributed by atoms with Crippen molar-refractivity contribution in [2.24, 2.45) is 0 Å². The second kappa shape index (κ2) is 5.19. The molecule has 1 aromatic heterocycles. The number of benzene rings is 1. The first kappa shape index (κ1) is 11.9. The van der Waals surface area contributed by atoms with E-state index in [0.717, 1.165) is 15.7 Å². The molecule has 1 heterocycles. The number of amides is 1. The van der Waals surface area contributed by atoms with Crippen molar-refractivity contribution in [2.75, 3.05) is 5.32 Å². The maximum absolute atomic E-state index is 11.7. The lowest BCUT2D eigenvalue weighted by Crippen LogP contribution is -2.13. The molecule has 2 rings (SSSR count). The summed E-state index contributed by atoms with van der Waals surface area (Å²) in [5.41, 5.74) is 1.91. The van der Waals surface area contributed by atoms with E-state index in [0.29, 0.717) is 5.76 Å². The van der Waals surface area contributed by atoms with Crippen LogP contribution in [0.2, 0.25) is 0 Å². The van der Waals surface area contributed by atoms with Crippen molar-refractivity contribution >= 4 is 27.5 Å². The highest BCUT2D eigenvalue weighted by molar-refractivity contribution is 9.10. The van der Waals surface area contributed by atoms with E-state index < -0.39 is 0 Å². The van der Waals surface area contributed by atoms with Gasteiger partial charge in [-0.2, -0.15) is 0 Å². The minimum Gasteiger partial charge on any atom is -0.469 e. The van der Waals surface area contributed by atoms with Crippen molar-refractivity contribution in [3.05, 3.63) is 52.4 Å². The van der Waals surface area contributed by atoms with Crippen LogP contribution in [-0.4, -0.2) is 5.91 Å². The van der Waals surface area contributed by atoms with E-state index in [2.05, 4.69) is 21.2 Å². The van der Waals surface area contributed by atoms with E-state index in [1.54, 1.807) is 18.4 Å². The molecule has 1 aromatic carbocycles. The van der Waals surface area contributed by atoms with Crippen LogP contribution in [0.15, 0.2) is 45.5 Å². The summed E-state index contributed by atoms with van der Waals surface area (Å²) >= 11 is 3.43. The molecule has 0 bridgehead atoms. The van der Waals surface area contributed by atoms with E-state index in [4.69, 9.17) is 4.42 Å². The van der Waals surface area contributed by atoms with Gasteiger partial charge in [-0.15, -0.1) is 0 Å². The number of carbonyl (C=O) groups is 1. The van der Waals surface area contributed by atoms with Crippen LogP contribution in [0.3, 0.4) is 0 Å². The number of furan rings is 1. The monoisotopic (exact) mass is 293 g/mol. The van der Waals surface area contributed by atoms with Crippen LogP contribution in [0.4, 0.5) is 5.69 Å². The molecule has 4 heteroatoms. The zero-order chi connectivity index (χ0) is 12.3. The summed E-state index contributed by atoms with van der Waals surface area (Å²) in [5.74, 6) is 0.574. The number of rotatable bonds is 3. The van der Waals surface area contributed by atoms with Gasteiger partial charge in [0.05, 0.1) is 12.7 Å². The van der Waals surface area contributed by atoms with Crippen molar-refractivity contribution < 1.29 is 9.21 Å². The molecule has 0 fully saturated rings. The van der Waals surface area contributed by atoms with E-state index in [9.17, 15) is 4.79 Å². The summed E-state index contributed by atoms with van der Waals surface area (Å²) in [6.45, 7) is 2.00. The van der Waals surface area contributed by atoms with Gasteiger partial charge in [0.15, 0.2) is 0 Å². The zero-order valence-electron chi connectivity index (χ0n) is 9.37. The van der Waals surface area contributed by atoms with Crippen LogP contribution >= 0.6 is 15.9 Å². The van der Waals surface area contributed by atoms with E-state index >= 15 is 0 Å². The molecule has 0 spiro atoms. The number of halogens is 1. The molecule has 3 nitrogen and oxygen atoms in total. The number of carbonyl (C=O) groups excluding carboxylic acids is 1. The van der Waals surface area contributed by atoms with Crippen LogP contribution in [0.5, 0.6) is 0 Å². The Morgan fingerprint density at radius 3 is 2.88 bits per heavy atom. The second-order valence-electron chi connectivity index (χ2n) is 3.77. The lowest BCUT2D eigenvalue weighted by atomic mass is 10.2. The van der Waals surface area contributed by atoms with E-state index in [-0.39, 0.29) is 12.3 Å². The molecule has 0 radical (unpaired) electrons. The Morgan fingerprint density at radius 2 is 2.24 bits per heavy atom. The van der Waals surface area contributed by atoms with Crippen LogP contribution in [-0.2, 0) is 11.2 Å². The summed E-state index contributed by atoms with van der Waals surface area (Å²) in [7, 11) is 0. The summed E-state index contributed by atoms with van der Waals surface area (Å²) in [6.07, 6.45) is 1.81. The highest BCUT2D eigenvalue weighted by atomic mass is 79.9. The topological polar surface area (TPSA) is 42.2 Å². The number of aryl methyl sites for hydroxylation is 1. The lowest BCUT2D eigenvalue weighted by molar-refractivity contribution is -0.115. The average Bonchev–Trinajstić information content (AvgIpc) is 2.76. The largest absolute Gasteiger partial charge is 0.469 e.